The minimum absolute atomic E-state index is 0.274. The molecule has 1 rings (SSSR count). The molecule has 0 aliphatic rings. The van der Waals surface area contributed by atoms with E-state index in [2.05, 4.69) is 0 Å². The third-order valence-corrected chi connectivity index (χ3v) is 1.43. The van der Waals surface area contributed by atoms with Crippen molar-refractivity contribution in [3.63, 3.8) is 0 Å². The lowest BCUT2D eigenvalue weighted by molar-refractivity contribution is -0.115. The van der Waals surface area contributed by atoms with E-state index in [9.17, 15) is 4.79 Å². The number of nitrogens with zero attached hydrogens (tertiary/aromatic N) is 2. The van der Waals surface area contributed by atoms with Crippen LogP contribution in [0.2, 0.25) is 0 Å². The van der Waals surface area contributed by atoms with E-state index in [1.165, 1.54) is 6.92 Å². The Labute approximate surface area is 70.8 Å². The summed E-state index contributed by atoms with van der Waals surface area (Å²) < 4.78 is 0. The number of benzene rings is 1. The first kappa shape index (κ1) is 8.28. The fourth-order valence-corrected chi connectivity index (χ4v) is 0.887. The van der Waals surface area contributed by atoms with E-state index >= 15 is 0 Å². The van der Waals surface area contributed by atoms with Crippen molar-refractivity contribution < 1.29 is 4.79 Å². The summed E-state index contributed by atoms with van der Waals surface area (Å²) in [5.41, 5.74) is 0.604. The lowest BCUT2D eigenvalue weighted by Crippen LogP contribution is -2.21. The van der Waals surface area contributed by atoms with Gasteiger partial charge in [0.1, 0.15) is 0 Å². The summed E-state index contributed by atoms with van der Waals surface area (Å²) in [6.07, 6.45) is 1.80. The second kappa shape index (κ2) is 3.54. The number of nitriles is 1. The number of para-hydroxylation sites is 1. The number of hydrogen-bond acceptors (Lipinski definition) is 2. The summed E-state index contributed by atoms with van der Waals surface area (Å²) >= 11 is 0. The van der Waals surface area contributed by atoms with Crippen LogP contribution >= 0.6 is 0 Å². The molecule has 0 radical (unpaired) electrons. The number of hydrogen-bond donors (Lipinski definition) is 0. The highest BCUT2D eigenvalue weighted by Crippen LogP contribution is 2.11. The Bertz CT molecular complexity index is 313. The molecule has 60 valence electrons. The van der Waals surface area contributed by atoms with Gasteiger partial charge in [0.25, 0.3) is 0 Å². The molecule has 1 amide bonds. The lowest BCUT2D eigenvalue weighted by Gasteiger charge is -2.09. The first-order valence-electron chi connectivity index (χ1n) is 3.51. The first-order chi connectivity index (χ1) is 5.75. The van der Waals surface area contributed by atoms with Gasteiger partial charge in [-0.1, -0.05) is 18.2 Å². The number of rotatable bonds is 1. The van der Waals surface area contributed by atoms with Crippen LogP contribution in [0.4, 0.5) is 5.69 Å². The van der Waals surface area contributed by atoms with Gasteiger partial charge >= 0.3 is 0 Å². The average Bonchev–Trinajstić information content (AvgIpc) is 2.07. The van der Waals surface area contributed by atoms with Gasteiger partial charge in [-0.2, -0.15) is 5.26 Å². The molecule has 1 aromatic carbocycles. The molecule has 0 aliphatic heterocycles. The van der Waals surface area contributed by atoms with Crippen molar-refractivity contribution in [3.8, 4) is 6.19 Å². The predicted octanol–water partition coefficient (Wildman–Crippen LogP) is 1.52. The zero-order valence-electron chi connectivity index (χ0n) is 6.69. The van der Waals surface area contributed by atoms with Crippen molar-refractivity contribution >= 4 is 11.6 Å². The van der Waals surface area contributed by atoms with Crippen molar-refractivity contribution in [2.45, 2.75) is 6.92 Å². The molecule has 3 heteroatoms. The third-order valence-electron chi connectivity index (χ3n) is 1.43. The molecule has 0 saturated heterocycles. The molecule has 0 aliphatic carbocycles. The standard InChI is InChI=1S/C9H8N2O/c1-8(12)11(7-10)9-5-3-2-4-6-9/h2-6H,1H3. The van der Waals surface area contributed by atoms with Crippen molar-refractivity contribution in [1.29, 1.82) is 5.26 Å². The van der Waals surface area contributed by atoms with Crippen LogP contribution in [0.5, 0.6) is 0 Å². The van der Waals surface area contributed by atoms with E-state index in [0.29, 0.717) is 5.69 Å². The maximum absolute atomic E-state index is 10.9. The molecule has 3 nitrogen and oxygen atoms in total. The Hall–Kier alpha value is -1.82. The molecule has 1 aromatic rings. The fraction of sp³-hybridized carbons (Fsp3) is 0.111. The Kier molecular flexibility index (Phi) is 2.44. The monoisotopic (exact) mass is 160 g/mol. The number of anilines is 1. The molecular formula is C9H8N2O. The topological polar surface area (TPSA) is 44.1 Å². The molecular weight excluding hydrogens is 152 g/mol. The van der Waals surface area contributed by atoms with Crippen LogP contribution in [-0.4, -0.2) is 5.91 Å². The van der Waals surface area contributed by atoms with Crippen molar-refractivity contribution in [3.05, 3.63) is 30.3 Å². The van der Waals surface area contributed by atoms with Gasteiger partial charge < -0.3 is 0 Å². The van der Waals surface area contributed by atoms with Crippen LogP contribution < -0.4 is 4.90 Å². The van der Waals surface area contributed by atoms with Crippen LogP contribution in [0, 0.1) is 11.5 Å². The first-order valence-corrected chi connectivity index (χ1v) is 3.51. The fourth-order valence-electron chi connectivity index (χ4n) is 0.887. The highest BCUT2D eigenvalue weighted by atomic mass is 16.2. The normalized spacial score (nSPS) is 8.67. The summed E-state index contributed by atoms with van der Waals surface area (Å²) in [6.45, 7) is 1.36. The molecule has 0 saturated carbocycles. The van der Waals surface area contributed by atoms with Gasteiger partial charge in [-0.05, 0) is 12.1 Å². The number of carbonyl (C=O) groups is 1. The molecule has 0 fully saturated rings. The Morgan fingerprint density at radius 3 is 2.42 bits per heavy atom. The van der Waals surface area contributed by atoms with E-state index in [4.69, 9.17) is 5.26 Å². The molecule has 0 heterocycles. The third kappa shape index (κ3) is 1.61. The largest absolute Gasteiger partial charge is 0.274 e. The Balaban J connectivity index is 2.98. The Morgan fingerprint density at radius 1 is 1.42 bits per heavy atom. The second-order valence-corrected chi connectivity index (χ2v) is 2.29. The van der Waals surface area contributed by atoms with Gasteiger partial charge in [0.2, 0.25) is 5.91 Å². The van der Waals surface area contributed by atoms with Gasteiger partial charge in [-0.25, -0.2) is 4.90 Å². The SMILES string of the molecule is CC(=O)N(C#N)c1ccccc1. The van der Waals surface area contributed by atoms with Crippen molar-refractivity contribution in [2.75, 3.05) is 4.90 Å². The van der Waals surface area contributed by atoms with Crippen LogP contribution in [-0.2, 0) is 4.79 Å². The van der Waals surface area contributed by atoms with Gasteiger partial charge in [0.05, 0.1) is 5.69 Å². The van der Waals surface area contributed by atoms with Crippen LogP contribution in [0.15, 0.2) is 30.3 Å². The van der Waals surface area contributed by atoms with Crippen molar-refractivity contribution in [1.82, 2.24) is 0 Å². The lowest BCUT2D eigenvalue weighted by atomic mass is 10.3. The quantitative estimate of drug-likeness (QED) is 0.461. The highest BCUT2D eigenvalue weighted by molar-refractivity contribution is 5.94. The van der Waals surface area contributed by atoms with E-state index in [0.717, 1.165) is 4.90 Å². The maximum Gasteiger partial charge on any atom is 0.237 e. The molecule has 0 atom stereocenters. The highest BCUT2D eigenvalue weighted by Gasteiger charge is 2.08. The Morgan fingerprint density at radius 2 is 2.00 bits per heavy atom. The summed E-state index contributed by atoms with van der Waals surface area (Å²) in [7, 11) is 0. The summed E-state index contributed by atoms with van der Waals surface area (Å²) in [5, 5.41) is 8.60. The van der Waals surface area contributed by atoms with E-state index in [-0.39, 0.29) is 5.91 Å². The molecule has 0 N–H and O–H groups in total. The molecule has 0 spiro atoms. The minimum Gasteiger partial charge on any atom is -0.274 e. The van der Waals surface area contributed by atoms with Crippen molar-refractivity contribution in [2.24, 2.45) is 0 Å². The molecule has 12 heavy (non-hydrogen) atoms. The summed E-state index contributed by atoms with van der Waals surface area (Å²) in [5.74, 6) is -0.274. The number of carbonyl (C=O) groups excluding carboxylic acids is 1. The van der Waals surface area contributed by atoms with Gasteiger partial charge in [0.15, 0.2) is 6.19 Å². The van der Waals surface area contributed by atoms with Crippen LogP contribution in [0.3, 0.4) is 0 Å². The van der Waals surface area contributed by atoms with Gasteiger partial charge in [-0.3, -0.25) is 4.79 Å². The molecule has 0 unspecified atom stereocenters. The van der Waals surface area contributed by atoms with Crippen LogP contribution in [0.25, 0.3) is 0 Å². The zero-order valence-corrected chi connectivity index (χ0v) is 6.69. The summed E-state index contributed by atoms with van der Waals surface area (Å²) in [6, 6.07) is 8.82. The smallest absolute Gasteiger partial charge is 0.237 e. The minimum atomic E-state index is -0.274. The molecule has 0 aromatic heterocycles. The second-order valence-electron chi connectivity index (χ2n) is 2.29. The summed E-state index contributed by atoms with van der Waals surface area (Å²) in [4.78, 5) is 11.9. The zero-order chi connectivity index (χ0) is 8.97. The van der Waals surface area contributed by atoms with Gasteiger partial charge in [0, 0.05) is 6.92 Å². The maximum atomic E-state index is 10.9. The van der Waals surface area contributed by atoms with E-state index < -0.39 is 0 Å². The van der Waals surface area contributed by atoms with E-state index in [1.54, 1.807) is 30.5 Å². The number of amides is 1. The predicted molar refractivity (Wildman–Crippen MR) is 45.2 cm³/mol. The van der Waals surface area contributed by atoms with E-state index in [1.807, 2.05) is 6.07 Å². The van der Waals surface area contributed by atoms with Crippen LogP contribution in [0.1, 0.15) is 6.92 Å². The van der Waals surface area contributed by atoms with Gasteiger partial charge in [-0.15, -0.1) is 0 Å². The average molecular weight is 160 g/mol. The molecule has 0 bridgehead atoms.